The zero-order valence-electron chi connectivity index (χ0n) is 11.5. The molecular weight excluding hydrogens is 238 g/mol. The van der Waals surface area contributed by atoms with Crippen molar-refractivity contribution in [2.45, 2.75) is 32.9 Å². The van der Waals surface area contributed by atoms with Crippen molar-refractivity contribution < 1.29 is 0 Å². The van der Waals surface area contributed by atoms with Gasteiger partial charge in [0.25, 0.3) is 0 Å². The molecule has 0 saturated carbocycles. The highest BCUT2D eigenvalue weighted by molar-refractivity contribution is 5.27. The maximum atomic E-state index is 6.26. The quantitative estimate of drug-likeness (QED) is 0.832. The second-order valence-corrected chi connectivity index (χ2v) is 4.45. The minimum Gasteiger partial charge on any atom is -0.355 e. The number of aromatic nitrogens is 3. The lowest BCUT2D eigenvalue weighted by atomic mass is 10.1. The summed E-state index contributed by atoms with van der Waals surface area (Å²) in [7, 11) is 0. The first-order valence-corrected chi connectivity index (χ1v) is 6.72. The van der Waals surface area contributed by atoms with E-state index in [1.165, 1.54) is 5.56 Å². The third-order valence-electron chi connectivity index (χ3n) is 3.06. The highest BCUT2D eigenvalue weighted by Gasteiger charge is 2.17. The molecule has 5 nitrogen and oxygen atoms in total. The Morgan fingerprint density at radius 3 is 2.58 bits per heavy atom. The number of rotatable bonds is 6. The van der Waals surface area contributed by atoms with Crippen molar-refractivity contribution in [1.29, 1.82) is 0 Å². The molecule has 5 heteroatoms. The number of anilines is 1. The van der Waals surface area contributed by atoms with Crippen LogP contribution in [0, 0.1) is 0 Å². The summed E-state index contributed by atoms with van der Waals surface area (Å²) in [6.45, 7) is 5.75. The first-order chi connectivity index (χ1) is 9.26. The monoisotopic (exact) mass is 259 g/mol. The molecule has 2 rings (SSSR count). The van der Waals surface area contributed by atoms with E-state index in [0.29, 0.717) is 0 Å². The van der Waals surface area contributed by atoms with Gasteiger partial charge < -0.3 is 11.1 Å². The van der Waals surface area contributed by atoms with Crippen molar-refractivity contribution in [3.05, 3.63) is 41.7 Å². The minimum absolute atomic E-state index is 0.137. The summed E-state index contributed by atoms with van der Waals surface area (Å²) in [6.07, 6.45) is 0.769. The molecule has 1 atom stereocenters. The van der Waals surface area contributed by atoms with Gasteiger partial charge in [-0.15, -0.1) is 10.2 Å². The number of nitrogens with two attached hydrogens (primary N) is 1. The minimum atomic E-state index is -0.137. The molecule has 0 amide bonds. The molecule has 0 bridgehead atoms. The normalized spacial score (nSPS) is 12.4. The van der Waals surface area contributed by atoms with Crippen LogP contribution in [0.1, 0.15) is 31.3 Å². The Morgan fingerprint density at radius 1 is 1.21 bits per heavy atom. The summed E-state index contributed by atoms with van der Waals surface area (Å²) >= 11 is 0. The smallest absolute Gasteiger partial charge is 0.224 e. The molecule has 0 fully saturated rings. The van der Waals surface area contributed by atoms with Crippen molar-refractivity contribution in [1.82, 2.24) is 14.8 Å². The van der Waals surface area contributed by atoms with Gasteiger partial charge >= 0.3 is 0 Å². The van der Waals surface area contributed by atoms with E-state index in [2.05, 4.69) is 34.6 Å². The van der Waals surface area contributed by atoms with Crippen LogP contribution in [0.2, 0.25) is 0 Å². The maximum Gasteiger partial charge on any atom is 0.224 e. The molecule has 2 aromatic rings. The van der Waals surface area contributed by atoms with Gasteiger partial charge in [0.15, 0.2) is 5.82 Å². The molecule has 0 aliphatic heterocycles. The molecule has 1 heterocycles. The largest absolute Gasteiger partial charge is 0.355 e. The Bertz CT molecular complexity index is 506. The zero-order chi connectivity index (χ0) is 13.7. The molecule has 0 radical (unpaired) electrons. The lowest BCUT2D eigenvalue weighted by molar-refractivity contribution is 0.601. The lowest BCUT2D eigenvalue weighted by Crippen LogP contribution is -2.19. The summed E-state index contributed by atoms with van der Waals surface area (Å²) in [5, 5.41) is 11.6. The zero-order valence-corrected chi connectivity index (χ0v) is 11.5. The van der Waals surface area contributed by atoms with E-state index in [9.17, 15) is 0 Å². The highest BCUT2D eigenvalue weighted by Crippen LogP contribution is 2.17. The Morgan fingerprint density at radius 2 is 1.95 bits per heavy atom. The van der Waals surface area contributed by atoms with Gasteiger partial charge in [-0.2, -0.15) is 0 Å². The highest BCUT2D eigenvalue weighted by atomic mass is 15.4. The number of nitrogens with zero attached hydrogens (tertiary/aromatic N) is 3. The molecule has 1 aromatic carbocycles. The fourth-order valence-electron chi connectivity index (χ4n) is 2.15. The molecule has 0 saturated heterocycles. The molecule has 102 valence electrons. The van der Waals surface area contributed by atoms with Crippen molar-refractivity contribution >= 4 is 5.95 Å². The summed E-state index contributed by atoms with van der Waals surface area (Å²) in [6, 6.07) is 10.1. The standard InChI is InChI=1S/C14H21N5/c1-3-16-14-18-17-13(19(14)4-2)12(15)10-11-8-6-5-7-9-11/h5-9,12H,3-4,10,15H2,1-2H3,(H,16,18). The van der Waals surface area contributed by atoms with Crippen molar-refractivity contribution in [2.24, 2.45) is 5.73 Å². The number of benzene rings is 1. The van der Waals surface area contributed by atoms with Crippen LogP contribution in [0.15, 0.2) is 30.3 Å². The molecule has 1 unspecified atom stereocenters. The van der Waals surface area contributed by atoms with Gasteiger partial charge in [0, 0.05) is 13.1 Å². The Kier molecular flexibility index (Phi) is 4.52. The predicted octanol–water partition coefficient (Wildman–Crippen LogP) is 1.97. The predicted molar refractivity (Wildman–Crippen MR) is 76.9 cm³/mol. The van der Waals surface area contributed by atoms with E-state index < -0.39 is 0 Å². The second-order valence-electron chi connectivity index (χ2n) is 4.45. The Labute approximate surface area is 113 Å². The van der Waals surface area contributed by atoms with Crippen LogP contribution in [-0.2, 0) is 13.0 Å². The molecule has 3 N–H and O–H groups in total. The van der Waals surface area contributed by atoms with Crippen LogP contribution < -0.4 is 11.1 Å². The van der Waals surface area contributed by atoms with E-state index in [1.807, 2.05) is 29.7 Å². The topological polar surface area (TPSA) is 68.8 Å². The van der Waals surface area contributed by atoms with Crippen LogP contribution in [-0.4, -0.2) is 21.3 Å². The lowest BCUT2D eigenvalue weighted by Gasteiger charge is -2.13. The van der Waals surface area contributed by atoms with E-state index in [-0.39, 0.29) is 6.04 Å². The van der Waals surface area contributed by atoms with Crippen LogP contribution in [0.4, 0.5) is 5.95 Å². The molecule has 0 aliphatic carbocycles. The SMILES string of the molecule is CCNc1nnc(C(N)Cc2ccccc2)n1CC. The Hall–Kier alpha value is -1.88. The second kappa shape index (κ2) is 6.33. The first kappa shape index (κ1) is 13.5. The molecule has 0 spiro atoms. The van der Waals surface area contributed by atoms with E-state index >= 15 is 0 Å². The van der Waals surface area contributed by atoms with Crippen molar-refractivity contribution in [2.75, 3.05) is 11.9 Å². The third kappa shape index (κ3) is 3.12. The van der Waals surface area contributed by atoms with Crippen LogP contribution >= 0.6 is 0 Å². The summed E-state index contributed by atoms with van der Waals surface area (Å²) in [5.74, 6) is 1.63. The fraction of sp³-hybridized carbons (Fsp3) is 0.429. The van der Waals surface area contributed by atoms with Crippen LogP contribution in [0.3, 0.4) is 0 Å². The summed E-state index contributed by atoms with van der Waals surface area (Å²) in [5.41, 5.74) is 7.48. The molecular formula is C14H21N5. The van der Waals surface area contributed by atoms with Gasteiger partial charge in [0.1, 0.15) is 0 Å². The molecule has 19 heavy (non-hydrogen) atoms. The fourth-order valence-corrected chi connectivity index (χ4v) is 2.15. The van der Waals surface area contributed by atoms with Gasteiger partial charge in [-0.05, 0) is 25.8 Å². The number of hydrogen-bond acceptors (Lipinski definition) is 4. The summed E-state index contributed by atoms with van der Waals surface area (Å²) in [4.78, 5) is 0. The average Bonchev–Trinajstić information content (AvgIpc) is 2.83. The molecule has 0 aliphatic rings. The van der Waals surface area contributed by atoms with Crippen LogP contribution in [0.5, 0.6) is 0 Å². The van der Waals surface area contributed by atoms with E-state index in [4.69, 9.17) is 5.73 Å². The van der Waals surface area contributed by atoms with Crippen molar-refractivity contribution in [3.63, 3.8) is 0 Å². The third-order valence-corrected chi connectivity index (χ3v) is 3.06. The van der Waals surface area contributed by atoms with Gasteiger partial charge in [0.05, 0.1) is 6.04 Å². The van der Waals surface area contributed by atoms with Gasteiger partial charge in [-0.1, -0.05) is 30.3 Å². The van der Waals surface area contributed by atoms with Crippen molar-refractivity contribution in [3.8, 4) is 0 Å². The van der Waals surface area contributed by atoms with Gasteiger partial charge in [-0.25, -0.2) is 0 Å². The number of nitrogens with one attached hydrogen (secondary N) is 1. The average molecular weight is 259 g/mol. The van der Waals surface area contributed by atoms with Gasteiger partial charge in [-0.3, -0.25) is 4.57 Å². The van der Waals surface area contributed by atoms with Crippen LogP contribution in [0.25, 0.3) is 0 Å². The van der Waals surface area contributed by atoms with E-state index in [1.54, 1.807) is 0 Å². The first-order valence-electron chi connectivity index (χ1n) is 6.72. The number of hydrogen-bond donors (Lipinski definition) is 2. The van der Waals surface area contributed by atoms with Gasteiger partial charge in [0.2, 0.25) is 5.95 Å². The molecule has 1 aromatic heterocycles. The maximum absolute atomic E-state index is 6.26. The van der Waals surface area contributed by atoms with E-state index in [0.717, 1.165) is 31.3 Å². The summed E-state index contributed by atoms with van der Waals surface area (Å²) < 4.78 is 2.04. The Balaban J connectivity index is 2.17.